The first kappa shape index (κ1) is 21.8. The van der Waals surface area contributed by atoms with Crippen LogP contribution in [0.5, 0.6) is 0 Å². The van der Waals surface area contributed by atoms with Gasteiger partial charge in [0, 0.05) is 65.4 Å². The van der Waals surface area contributed by atoms with E-state index in [0.717, 1.165) is 64.8 Å². The second-order valence-corrected chi connectivity index (χ2v) is 9.66. The van der Waals surface area contributed by atoms with Crippen LogP contribution < -0.4 is 0 Å². The Kier molecular flexibility index (Phi) is 7.80. The summed E-state index contributed by atoms with van der Waals surface area (Å²) in [5.41, 5.74) is 2.77. The van der Waals surface area contributed by atoms with Crippen LogP contribution in [-0.2, 0) is 11.3 Å². The van der Waals surface area contributed by atoms with Gasteiger partial charge >= 0.3 is 0 Å². The molecule has 1 aromatic rings. The molecular formula is C25H40N4O. The maximum atomic E-state index is 12.8. The molecule has 0 N–H and O–H groups in total. The minimum atomic E-state index is 0.325. The highest BCUT2D eigenvalue weighted by atomic mass is 16.2. The van der Waals surface area contributed by atoms with E-state index in [1.165, 1.54) is 49.8 Å². The molecule has 1 saturated carbocycles. The molecule has 2 heterocycles. The van der Waals surface area contributed by atoms with Crippen molar-refractivity contribution in [3.63, 3.8) is 0 Å². The number of carbonyl (C=O) groups excluding carboxylic acids is 1. The molecule has 5 heteroatoms. The fourth-order valence-corrected chi connectivity index (χ4v) is 5.34. The van der Waals surface area contributed by atoms with Crippen LogP contribution in [0, 0.1) is 12.8 Å². The zero-order valence-corrected chi connectivity index (χ0v) is 18.9. The molecule has 1 aliphatic carbocycles. The SMILES string of the molecule is Cc1ccccc1CN1CCN(C(=O)CN2CCN(CC3CCCCC3)CC2)CC1. The Hall–Kier alpha value is -1.43. The summed E-state index contributed by atoms with van der Waals surface area (Å²) in [4.78, 5) is 22.4. The van der Waals surface area contributed by atoms with E-state index in [1.807, 2.05) is 0 Å². The second-order valence-electron chi connectivity index (χ2n) is 9.66. The van der Waals surface area contributed by atoms with Gasteiger partial charge in [0.05, 0.1) is 6.54 Å². The average molecular weight is 413 g/mol. The van der Waals surface area contributed by atoms with Crippen LogP contribution in [0.1, 0.15) is 43.2 Å². The lowest BCUT2D eigenvalue weighted by Gasteiger charge is -2.39. The lowest BCUT2D eigenvalue weighted by molar-refractivity contribution is -0.134. The van der Waals surface area contributed by atoms with Crippen LogP contribution in [-0.4, -0.2) is 91.0 Å². The molecule has 5 nitrogen and oxygen atoms in total. The number of benzene rings is 1. The number of hydrogen-bond donors (Lipinski definition) is 0. The van der Waals surface area contributed by atoms with Crippen molar-refractivity contribution in [1.82, 2.24) is 19.6 Å². The molecule has 166 valence electrons. The zero-order chi connectivity index (χ0) is 20.8. The summed E-state index contributed by atoms with van der Waals surface area (Å²) in [5.74, 6) is 1.24. The molecule has 0 bridgehead atoms. The van der Waals surface area contributed by atoms with Gasteiger partial charge in [0.25, 0.3) is 0 Å². The minimum Gasteiger partial charge on any atom is -0.339 e. The maximum absolute atomic E-state index is 12.8. The van der Waals surface area contributed by atoms with Gasteiger partial charge in [-0.05, 0) is 36.8 Å². The van der Waals surface area contributed by atoms with E-state index >= 15 is 0 Å². The van der Waals surface area contributed by atoms with Crippen LogP contribution in [0.3, 0.4) is 0 Å². The molecular weight excluding hydrogens is 372 g/mol. The molecule has 1 aromatic carbocycles. The van der Waals surface area contributed by atoms with Crippen LogP contribution in [0.15, 0.2) is 24.3 Å². The fourth-order valence-electron chi connectivity index (χ4n) is 5.34. The summed E-state index contributed by atoms with van der Waals surface area (Å²) in [6, 6.07) is 8.63. The van der Waals surface area contributed by atoms with E-state index < -0.39 is 0 Å². The van der Waals surface area contributed by atoms with Crippen LogP contribution in [0.4, 0.5) is 0 Å². The minimum absolute atomic E-state index is 0.325. The topological polar surface area (TPSA) is 30.0 Å². The third kappa shape index (κ3) is 6.05. The van der Waals surface area contributed by atoms with Crippen molar-refractivity contribution in [2.24, 2.45) is 5.92 Å². The molecule has 4 rings (SSSR count). The van der Waals surface area contributed by atoms with Gasteiger partial charge in [-0.2, -0.15) is 0 Å². The van der Waals surface area contributed by atoms with Gasteiger partial charge in [-0.3, -0.25) is 14.6 Å². The first-order valence-corrected chi connectivity index (χ1v) is 12.2. The van der Waals surface area contributed by atoms with Crippen molar-refractivity contribution < 1.29 is 4.79 Å². The molecule has 3 fully saturated rings. The second kappa shape index (κ2) is 10.7. The summed E-state index contributed by atoms with van der Waals surface area (Å²) in [7, 11) is 0. The van der Waals surface area contributed by atoms with E-state index in [9.17, 15) is 4.79 Å². The smallest absolute Gasteiger partial charge is 0.236 e. The molecule has 0 aromatic heterocycles. The number of piperazine rings is 2. The van der Waals surface area contributed by atoms with Crippen molar-refractivity contribution in [3.05, 3.63) is 35.4 Å². The number of amides is 1. The molecule has 0 spiro atoms. The first-order valence-electron chi connectivity index (χ1n) is 12.2. The number of aryl methyl sites for hydroxylation is 1. The molecule has 0 atom stereocenters. The third-order valence-corrected chi connectivity index (χ3v) is 7.45. The zero-order valence-electron chi connectivity index (χ0n) is 18.9. The van der Waals surface area contributed by atoms with Crippen molar-refractivity contribution in [3.8, 4) is 0 Å². The van der Waals surface area contributed by atoms with Crippen molar-refractivity contribution in [2.75, 3.05) is 65.4 Å². The maximum Gasteiger partial charge on any atom is 0.236 e. The van der Waals surface area contributed by atoms with Gasteiger partial charge in [-0.15, -0.1) is 0 Å². The van der Waals surface area contributed by atoms with Gasteiger partial charge in [0.1, 0.15) is 0 Å². The third-order valence-electron chi connectivity index (χ3n) is 7.45. The van der Waals surface area contributed by atoms with Gasteiger partial charge in [-0.1, -0.05) is 43.5 Å². The van der Waals surface area contributed by atoms with Crippen molar-refractivity contribution in [1.29, 1.82) is 0 Å². The van der Waals surface area contributed by atoms with Crippen molar-refractivity contribution in [2.45, 2.75) is 45.6 Å². The van der Waals surface area contributed by atoms with Gasteiger partial charge < -0.3 is 9.80 Å². The summed E-state index contributed by atoms with van der Waals surface area (Å²) in [6.45, 7) is 13.1. The fraction of sp³-hybridized carbons (Fsp3) is 0.720. The van der Waals surface area contributed by atoms with Gasteiger partial charge in [0.2, 0.25) is 5.91 Å². The molecule has 0 radical (unpaired) electrons. The Morgan fingerprint density at radius 3 is 2.17 bits per heavy atom. The Morgan fingerprint density at radius 2 is 1.47 bits per heavy atom. The number of rotatable bonds is 6. The van der Waals surface area contributed by atoms with Gasteiger partial charge in [-0.25, -0.2) is 0 Å². The van der Waals surface area contributed by atoms with Crippen LogP contribution in [0.25, 0.3) is 0 Å². The summed E-state index contributed by atoms with van der Waals surface area (Å²) in [6.07, 6.45) is 7.14. The predicted molar refractivity (Wildman–Crippen MR) is 122 cm³/mol. The Bertz CT molecular complexity index is 671. The van der Waals surface area contributed by atoms with E-state index in [-0.39, 0.29) is 0 Å². The largest absolute Gasteiger partial charge is 0.339 e. The standard InChI is InChI=1S/C25H40N4O/c1-22-7-5-6-10-24(22)20-27-15-17-29(18-16-27)25(30)21-28-13-11-26(12-14-28)19-23-8-3-2-4-9-23/h5-7,10,23H,2-4,8-9,11-21H2,1H3. The summed E-state index contributed by atoms with van der Waals surface area (Å²) >= 11 is 0. The highest BCUT2D eigenvalue weighted by Gasteiger charge is 2.26. The predicted octanol–water partition coefficient (Wildman–Crippen LogP) is 2.84. The number of nitrogens with zero attached hydrogens (tertiary/aromatic N) is 4. The normalized spacial score (nSPS) is 23.0. The van der Waals surface area contributed by atoms with E-state index in [4.69, 9.17) is 0 Å². The number of carbonyl (C=O) groups is 1. The molecule has 30 heavy (non-hydrogen) atoms. The lowest BCUT2D eigenvalue weighted by atomic mass is 9.89. The van der Waals surface area contributed by atoms with E-state index in [1.54, 1.807) is 0 Å². The Morgan fingerprint density at radius 1 is 0.833 bits per heavy atom. The molecule has 3 aliphatic rings. The highest BCUT2D eigenvalue weighted by Crippen LogP contribution is 2.24. The molecule has 2 aliphatic heterocycles. The van der Waals surface area contributed by atoms with Gasteiger partial charge in [0.15, 0.2) is 0 Å². The summed E-state index contributed by atoms with van der Waals surface area (Å²) in [5, 5.41) is 0. The van der Waals surface area contributed by atoms with E-state index in [2.05, 4.69) is 50.8 Å². The molecule has 0 unspecified atom stereocenters. The first-order chi connectivity index (χ1) is 14.7. The van der Waals surface area contributed by atoms with Crippen LogP contribution in [0.2, 0.25) is 0 Å². The van der Waals surface area contributed by atoms with Crippen molar-refractivity contribution >= 4 is 5.91 Å². The molecule has 2 saturated heterocycles. The Labute approximate surface area is 183 Å². The quantitative estimate of drug-likeness (QED) is 0.719. The number of hydrogen-bond acceptors (Lipinski definition) is 4. The highest BCUT2D eigenvalue weighted by molar-refractivity contribution is 5.78. The Balaban J connectivity index is 1.14. The monoisotopic (exact) mass is 412 g/mol. The average Bonchev–Trinajstić information content (AvgIpc) is 2.78. The summed E-state index contributed by atoms with van der Waals surface area (Å²) < 4.78 is 0. The lowest BCUT2D eigenvalue weighted by Crippen LogP contribution is -2.54. The molecule has 1 amide bonds. The van der Waals surface area contributed by atoms with Crippen LogP contribution >= 0.6 is 0 Å². The van der Waals surface area contributed by atoms with E-state index in [0.29, 0.717) is 12.5 Å².